The van der Waals surface area contributed by atoms with Gasteiger partial charge < -0.3 is 10.6 Å². The second-order valence-electron chi connectivity index (χ2n) is 4.55. The molecule has 0 spiro atoms. The van der Waals surface area contributed by atoms with E-state index in [9.17, 15) is 9.59 Å². The van der Waals surface area contributed by atoms with Crippen LogP contribution in [-0.2, 0) is 4.79 Å². The third kappa shape index (κ3) is 5.54. The predicted octanol–water partition coefficient (Wildman–Crippen LogP) is 2.77. The molecular weight excluding hydrogens is 340 g/mol. The zero-order chi connectivity index (χ0) is 15.1. The molecule has 20 heavy (non-hydrogen) atoms. The Balaban J connectivity index is 2.44. The fourth-order valence-corrected chi connectivity index (χ4v) is 2.15. The number of nitrogens with one attached hydrogen (secondary N) is 2. The number of hydrogen-bond acceptors (Lipinski definition) is 3. The summed E-state index contributed by atoms with van der Waals surface area (Å²) in [6, 6.07) is 5.41. The lowest BCUT2D eigenvalue weighted by Crippen LogP contribution is -2.35. The van der Waals surface area contributed by atoms with Gasteiger partial charge in [0.05, 0.1) is 5.56 Å². The van der Waals surface area contributed by atoms with Crippen LogP contribution in [0.15, 0.2) is 27.6 Å². The van der Waals surface area contributed by atoms with E-state index in [-0.39, 0.29) is 24.3 Å². The Labute approximate surface area is 133 Å². The van der Waals surface area contributed by atoms with Crippen LogP contribution in [0.25, 0.3) is 0 Å². The summed E-state index contributed by atoms with van der Waals surface area (Å²) in [4.78, 5) is 24.3. The number of halogens is 1. The Morgan fingerprint density at radius 2 is 2.10 bits per heavy atom. The van der Waals surface area contributed by atoms with Crippen molar-refractivity contribution in [2.75, 3.05) is 6.54 Å². The number of amides is 2. The van der Waals surface area contributed by atoms with Gasteiger partial charge in [-0.3, -0.25) is 9.59 Å². The summed E-state index contributed by atoms with van der Waals surface area (Å²) in [6.45, 7) is 4.27. The minimum Gasteiger partial charge on any atom is -0.354 e. The molecule has 0 saturated heterocycles. The Hall–Kier alpha value is -1.01. The van der Waals surface area contributed by atoms with Gasteiger partial charge in [0.15, 0.2) is 0 Å². The van der Waals surface area contributed by atoms with Gasteiger partial charge in [0.25, 0.3) is 5.91 Å². The first-order chi connectivity index (χ1) is 9.43. The average Bonchev–Trinajstić information content (AvgIpc) is 2.41. The van der Waals surface area contributed by atoms with E-state index in [2.05, 4.69) is 39.2 Å². The van der Waals surface area contributed by atoms with Crippen molar-refractivity contribution >= 4 is 40.4 Å². The molecule has 1 aromatic rings. The summed E-state index contributed by atoms with van der Waals surface area (Å²) in [5.41, 5.74) is 0.514. The second kappa shape index (κ2) is 8.32. The molecule has 1 atom stereocenters. The molecule has 6 heteroatoms. The number of hydrogen-bond donors (Lipinski definition) is 3. The van der Waals surface area contributed by atoms with E-state index >= 15 is 0 Å². The molecule has 1 rings (SSSR count). The van der Waals surface area contributed by atoms with E-state index in [0.29, 0.717) is 21.5 Å². The lowest BCUT2D eigenvalue weighted by atomic mass is 10.2. The van der Waals surface area contributed by atoms with Crippen molar-refractivity contribution in [2.24, 2.45) is 0 Å². The van der Waals surface area contributed by atoms with Gasteiger partial charge in [0.1, 0.15) is 0 Å². The highest BCUT2D eigenvalue weighted by atomic mass is 79.9. The molecule has 2 amide bonds. The summed E-state index contributed by atoms with van der Waals surface area (Å²) >= 11 is 7.52. The molecule has 2 N–H and O–H groups in total. The van der Waals surface area contributed by atoms with E-state index in [0.717, 1.165) is 6.42 Å². The first kappa shape index (κ1) is 17.0. The van der Waals surface area contributed by atoms with Gasteiger partial charge in [-0.05, 0) is 47.5 Å². The monoisotopic (exact) mass is 358 g/mol. The summed E-state index contributed by atoms with van der Waals surface area (Å²) in [7, 11) is 0. The topological polar surface area (TPSA) is 58.2 Å². The van der Waals surface area contributed by atoms with Crippen LogP contribution in [0.2, 0.25) is 0 Å². The van der Waals surface area contributed by atoms with Gasteiger partial charge >= 0.3 is 0 Å². The van der Waals surface area contributed by atoms with Gasteiger partial charge in [0, 0.05) is 28.4 Å². The standard InChI is InChI=1S/C14H19BrN2O2S/c1-3-9(2)17-13(18)6-7-16-14(19)11-8-10(20)4-5-12(11)15/h4-5,8-9,20H,3,6-7H2,1-2H3,(H,16,19)(H,17,18). The second-order valence-corrected chi connectivity index (χ2v) is 5.92. The normalized spacial score (nSPS) is 11.8. The molecule has 0 fully saturated rings. The van der Waals surface area contributed by atoms with Crippen LogP contribution in [-0.4, -0.2) is 24.4 Å². The van der Waals surface area contributed by atoms with Crippen LogP contribution in [0.5, 0.6) is 0 Å². The highest BCUT2D eigenvalue weighted by Gasteiger charge is 2.11. The summed E-state index contributed by atoms with van der Waals surface area (Å²) in [6.07, 6.45) is 1.16. The van der Waals surface area contributed by atoms with Gasteiger partial charge in [-0.2, -0.15) is 0 Å². The molecule has 1 unspecified atom stereocenters. The Bertz CT molecular complexity index is 494. The van der Waals surface area contributed by atoms with E-state index in [1.165, 1.54) is 0 Å². The molecule has 0 radical (unpaired) electrons. The SMILES string of the molecule is CCC(C)NC(=O)CCNC(=O)c1cc(S)ccc1Br. The lowest BCUT2D eigenvalue weighted by molar-refractivity contribution is -0.121. The van der Waals surface area contributed by atoms with Crippen LogP contribution in [0, 0.1) is 0 Å². The Kier molecular flexibility index (Phi) is 7.09. The van der Waals surface area contributed by atoms with Crippen molar-refractivity contribution in [1.82, 2.24) is 10.6 Å². The van der Waals surface area contributed by atoms with Gasteiger partial charge in [-0.15, -0.1) is 12.6 Å². The fraction of sp³-hybridized carbons (Fsp3) is 0.429. The smallest absolute Gasteiger partial charge is 0.252 e. The molecule has 0 aliphatic carbocycles. The first-order valence-corrected chi connectivity index (χ1v) is 7.74. The highest BCUT2D eigenvalue weighted by molar-refractivity contribution is 9.10. The van der Waals surface area contributed by atoms with Crippen molar-refractivity contribution in [2.45, 2.75) is 37.6 Å². The molecular formula is C14H19BrN2O2S. The number of rotatable bonds is 6. The van der Waals surface area contributed by atoms with Crippen molar-refractivity contribution in [1.29, 1.82) is 0 Å². The van der Waals surface area contributed by atoms with Crippen LogP contribution in [0.4, 0.5) is 0 Å². The van der Waals surface area contributed by atoms with Gasteiger partial charge in [-0.25, -0.2) is 0 Å². The minimum atomic E-state index is -0.218. The molecule has 110 valence electrons. The quantitative estimate of drug-likeness (QED) is 0.684. The maximum Gasteiger partial charge on any atom is 0.252 e. The van der Waals surface area contributed by atoms with Crippen LogP contribution >= 0.6 is 28.6 Å². The predicted molar refractivity (Wildman–Crippen MR) is 86.2 cm³/mol. The molecule has 0 saturated carbocycles. The molecule has 1 aromatic carbocycles. The van der Waals surface area contributed by atoms with Crippen LogP contribution < -0.4 is 10.6 Å². The van der Waals surface area contributed by atoms with Crippen molar-refractivity contribution in [3.63, 3.8) is 0 Å². The summed E-state index contributed by atoms with van der Waals surface area (Å²) in [5, 5.41) is 5.58. The third-order valence-electron chi connectivity index (χ3n) is 2.85. The average molecular weight is 359 g/mol. The molecule has 0 heterocycles. The van der Waals surface area contributed by atoms with Crippen molar-refractivity contribution in [3.05, 3.63) is 28.2 Å². The van der Waals surface area contributed by atoms with E-state index in [1.54, 1.807) is 18.2 Å². The van der Waals surface area contributed by atoms with Crippen molar-refractivity contribution < 1.29 is 9.59 Å². The third-order valence-corrected chi connectivity index (χ3v) is 3.82. The largest absolute Gasteiger partial charge is 0.354 e. The summed E-state index contributed by atoms with van der Waals surface area (Å²) < 4.78 is 0.705. The fourth-order valence-electron chi connectivity index (χ4n) is 1.52. The maximum atomic E-state index is 12.0. The van der Waals surface area contributed by atoms with E-state index < -0.39 is 0 Å². The first-order valence-electron chi connectivity index (χ1n) is 6.50. The number of benzene rings is 1. The van der Waals surface area contributed by atoms with E-state index in [4.69, 9.17) is 0 Å². The number of carbonyl (C=O) groups excluding carboxylic acids is 2. The molecule has 0 bridgehead atoms. The Morgan fingerprint density at radius 3 is 2.75 bits per heavy atom. The maximum absolute atomic E-state index is 12.0. The molecule has 0 aromatic heterocycles. The highest BCUT2D eigenvalue weighted by Crippen LogP contribution is 2.20. The van der Waals surface area contributed by atoms with Crippen LogP contribution in [0.1, 0.15) is 37.0 Å². The van der Waals surface area contributed by atoms with Crippen molar-refractivity contribution in [3.8, 4) is 0 Å². The zero-order valence-electron chi connectivity index (χ0n) is 11.6. The molecule has 0 aliphatic rings. The Morgan fingerprint density at radius 1 is 1.40 bits per heavy atom. The summed E-state index contributed by atoms with van der Waals surface area (Å²) in [5.74, 6) is -0.272. The number of carbonyl (C=O) groups is 2. The molecule has 0 aliphatic heterocycles. The van der Waals surface area contributed by atoms with Crippen LogP contribution in [0.3, 0.4) is 0 Å². The van der Waals surface area contributed by atoms with Gasteiger partial charge in [-0.1, -0.05) is 6.92 Å². The zero-order valence-corrected chi connectivity index (χ0v) is 14.1. The molecule has 4 nitrogen and oxygen atoms in total. The minimum absolute atomic E-state index is 0.0540. The number of thiol groups is 1. The van der Waals surface area contributed by atoms with Gasteiger partial charge in [0.2, 0.25) is 5.91 Å². The lowest BCUT2D eigenvalue weighted by Gasteiger charge is -2.12. The van der Waals surface area contributed by atoms with E-state index in [1.807, 2.05) is 13.8 Å².